The fraction of sp³-hybridized carbons (Fsp3) is 0.600. The Hall–Kier alpha value is -0.570. The molecule has 1 saturated heterocycles. The monoisotopic (exact) mass is 267 g/mol. The maximum atomic E-state index is 6.34. The maximum Gasteiger partial charge on any atom is 0.0512 e. The van der Waals surface area contributed by atoms with Crippen LogP contribution in [0, 0.1) is 5.92 Å². The summed E-state index contributed by atoms with van der Waals surface area (Å²) < 4.78 is 5.62. The molecule has 1 heterocycles. The predicted molar refractivity (Wildman–Crippen MR) is 76.0 cm³/mol. The summed E-state index contributed by atoms with van der Waals surface area (Å²) in [7, 11) is 0. The van der Waals surface area contributed by atoms with Crippen molar-refractivity contribution < 1.29 is 4.74 Å². The molecule has 2 nitrogen and oxygen atoms in total. The van der Waals surface area contributed by atoms with Crippen molar-refractivity contribution in [3.05, 3.63) is 34.9 Å². The summed E-state index contributed by atoms with van der Waals surface area (Å²) >= 11 is 6.34. The van der Waals surface area contributed by atoms with Gasteiger partial charge < -0.3 is 10.1 Å². The average molecular weight is 268 g/mol. The first-order chi connectivity index (χ1) is 8.83. The zero-order valence-corrected chi connectivity index (χ0v) is 11.7. The minimum Gasteiger partial charge on any atom is -0.381 e. The Morgan fingerprint density at radius 2 is 2.28 bits per heavy atom. The van der Waals surface area contributed by atoms with Gasteiger partial charge in [0.05, 0.1) is 6.61 Å². The van der Waals surface area contributed by atoms with Gasteiger partial charge in [-0.15, -0.1) is 0 Å². The third-order valence-electron chi connectivity index (χ3n) is 3.52. The summed E-state index contributed by atoms with van der Waals surface area (Å²) in [6.45, 7) is 4.95. The van der Waals surface area contributed by atoms with Crippen LogP contribution in [0.3, 0.4) is 0 Å². The molecule has 1 aliphatic heterocycles. The molecule has 0 amide bonds. The second-order valence-electron chi connectivity index (χ2n) is 4.93. The molecule has 0 radical (unpaired) electrons. The molecule has 2 atom stereocenters. The molecule has 0 bridgehead atoms. The van der Waals surface area contributed by atoms with Gasteiger partial charge in [-0.3, -0.25) is 0 Å². The summed E-state index contributed by atoms with van der Waals surface area (Å²) in [6.07, 6.45) is 3.50. The highest BCUT2D eigenvalue weighted by molar-refractivity contribution is 6.31. The molecule has 100 valence electrons. The van der Waals surface area contributed by atoms with Gasteiger partial charge in [0.15, 0.2) is 0 Å². The van der Waals surface area contributed by atoms with E-state index in [-0.39, 0.29) is 0 Å². The van der Waals surface area contributed by atoms with Gasteiger partial charge in [-0.25, -0.2) is 0 Å². The lowest BCUT2D eigenvalue weighted by Gasteiger charge is -2.32. The molecule has 1 N–H and O–H groups in total. The fourth-order valence-electron chi connectivity index (χ4n) is 2.59. The molecule has 2 unspecified atom stereocenters. The van der Waals surface area contributed by atoms with Crippen LogP contribution in [-0.2, 0) is 4.74 Å². The Balaban J connectivity index is 2.15. The van der Waals surface area contributed by atoms with Gasteiger partial charge in [0.2, 0.25) is 0 Å². The zero-order chi connectivity index (χ0) is 12.8. The van der Waals surface area contributed by atoms with Gasteiger partial charge in [0.25, 0.3) is 0 Å². The largest absolute Gasteiger partial charge is 0.381 e. The van der Waals surface area contributed by atoms with E-state index < -0.39 is 0 Å². The van der Waals surface area contributed by atoms with Crippen molar-refractivity contribution in [1.82, 2.24) is 5.32 Å². The van der Waals surface area contributed by atoms with Gasteiger partial charge in [-0.05, 0) is 37.4 Å². The predicted octanol–water partition coefficient (Wildman–Crippen LogP) is 3.81. The van der Waals surface area contributed by atoms with Crippen LogP contribution in [0.25, 0.3) is 0 Å². The highest BCUT2D eigenvalue weighted by Gasteiger charge is 2.26. The molecule has 0 aromatic heterocycles. The molecule has 1 aromatic carbocycles. The van der Waals surface area contributed by atoms with Crippen LogP contribution >= 0.6 is 11.6 Å². The standard InChI is InChI=1S/C15H22ClNO/c1-2-9-17-15(12-6-5-10-18-11-12)13-7-3-4-8-14(13)16/h3-4,7-8,12,15,17H,2,5-6,9-11H2,1H3. The fourth-order valence-corrected chi connectivity index (χ4v) is 2.84. The minimum atomic E-state index is 0.318. The van der Waals surface area contributed by atoms with E-state index in [0.29, 0.717) is 12.0 Å². The van der Waals surface area contributed by atoms with Crippen LogP contribution in [0.15, 0.2) is 24.3 Å². The summed E-state index contributed by atoms with van der Waals surface area (Å²) in [4.78, 5) is 0. The third-order valence-corrected chi connectivity index (χ3v) is 3.87. The first kappa shape index (κ1) is 13.9. The van der Waals surface area contributed by atoms with Crippen molar-refractivity contribution in [3.8, 4) is 0 Å². The normalized spacial score (nSPS) is 21.8. The lowest BCUT2D eigenvalue weighted by atomic mass is 9.88. The first-order valence-electron chi connectivity index (χ1n) is 6.88. The number of ether oxygens (including phenoxy) is 1. The van der Waals surface area contributed by atoms with Crippen molar-refractivity contribution in [2.24, 2.45) is 5.92 Å². The Bertz CT molecular complexity index is 363. The van der Waals surface area contributed by atoms with Crippen LogP contribution in [0.2, 0.25) is 5.02 Å². The summed E-state index contributed by atoms with van der Waals surface area (Å²) in [6, 6.07) is 8.47. The van der Waals surface area contributed by atoms with E-state index in [2.05, 4.69) is 24.4 Å². The molecule has 0 aliphatic carbocycles. The Kier molecular flexibility index (Phi) is 5.48. The summed E-state index contributed by atoms with van der Waals surface area (Å²) in [5.74, 6) is 0.533. The van der Waals surface area contributed by atoms with Crippen LogP contribution in [0.1, 0.15) is 37.8 Å². The van der Waals surface area contributed by atoms with E-state index in [0.717, 1.165) is 37.6 Å². The molecule has 0 spiro atoms. The topological polar surface area (TPSA) is 21.3 Å². The van der Waals surface area contributed by atoms with Gasteiger partial charge in [0, 0.05) is 23.6 Å². The van der Waals surface area contributed by atoms with E-state index in [9.17, 15) is 0 Å². The van der Waals surface area contributed by atoms with E-state index in [1.54, 1.807) is 0 Å². The zero-order valence-electron chi connectivity index (χ0n) is 11.0. The molecule has 3 heteroatoms. The van der Waals surface area contributed by atoms with E-state index in [1.807, 2.05) is 12.1 Å². The van der Waals surface area contributed by atoms with Crippen LogP contribution in [-0.4, -0.2) is 19.8 Å². The minimum absolute atomic E-state index is 0.318. The van der Waals surface area contributed by atoms with Gasteiger partial charge in [-0.1, -0.05) is 36.7 Å². The Morgan fingerprint density at radius 1 is 1.44 bits per heavy atom. The third kappa shape index (κ3) is 3.47. The molecule has 1 aromatic rings. The van der Waals surface area contributed by atoms with Gasteiger partial charge in [-0.2, -0.15) is 0 Å². The van der Waals surface area contributed by atoms with Crippen LogP contribution in [0.4, 0.5) is 0 Å². The second kappa shape index (κ2) is 7.13. The van der Waals surface area contributed by atoms with E-state index in [1.165, 1.54) is 12.0 Å². The molecular weight excluding hydrogens is 246 g/mol. The van der Waals surface area contributed by atoms with Crippen LogP contribution < -0.4 is 5.32 Å². The van der Waals surface area contributed by atoms with Crippen molar-refractivity contribution >= 4 is 11.6 Å². The van der Waals surface area contributed by atoms with E-state index >= 15 is 0 Å². The van der Waals surface area contributed by atoms with E-state index in [4.69, 9.17) is 16.3 Å². The smallest absolute Gasteiger partial charge is 0.0512 e. The van der Waals surface area contributed by atoms with Crippen molar-refractivity contribution in [2.45, 2.75) is 32.2 Å². The number of hydrogen-bond acceptors (Lipinski definition) is 2. The molecule has 1 fully saturated rings. The lowest BCUT2D eigenvalue weighted by Crippen LogP contribution is -2.34. The first-order valence-corrected chi connectivity index (χ1v) is 7.26. The Labute approximate surface area is 115 Å². The molecular formula is C15H22ClNO. The van der Waals surface area contributed by atoms with Crippen LogP contribution in [0.5, 0.6) is 0 Å². The number of rotatable bonds is 5. The number of nitrogens with one attached hydrogen (secondary N) is 1. The van der Waals surface area contributed by atoms with Crippen molar-refractivity contribution in [1.29, 1.82) is 0 Å². The lowest BCUT2D eigenvalue weighted by molar-refractivity contribution is 0.0390. The van der Waals surface area contributed by atoms with Gasteiger partial charge in [0.1, 0.15) is 0 Å². The van der Waals surface area contributed by atoms with Gasteiger partial charge >= 0.3 is 0 Å². The summed E-state index contributed by atoms with van der Waals surface area (Å²) in [5, 5.41) is 4.49. The molecule has 1 aliphatic rings. The molecule has 0 saturated carbocycles. The quantitative estimate of drug-likeness (QED) is 0.876. The number of halogens is 1. The second-order valence-corrected chi connectivity index (χ2v) is 5.34. The van der Waals surface area contributed by atoms with Crippen molar-refractivity contribution in [2.75, 3.05) is 19.8 Å². The number of hydrogen-bond donors (Lipinski definition) is 1. The highest BCUT2D eigenvalue weighted by atomic mass is 35.5. The Morgan fingerprint density at radius 3 is 2.94 bits per heavy atom. The highest BCUT2D eigenvalue weighted by Crippen LogP contribution is 2.32. The maximum absolute atomic E-state index is 6.34. The molecule has 18 heavy (non-hydrogen) atoms. The average Bonchev–Trinajstić information content (AvgIpc) is 2.42. The SMILES string of the molecule is CCCNC(c1ccccc1Cl)C1CCCOC1. The number of benzene rings is 1. The van der Waals surface area contributed by atoms with Crippen molar-refractivity contribution in [3.63, 3.8) is 0 Å². The summed E-state index contributed by atoms with van der Waals surface area (Å²) in [5.41, 5.74) is 1.21. The molecule has 2 rings (SSSR count).